The molecule has 0 spiro atoms. The summed E-state index contributed by atoms with van der Waals surface area (Å²) in [6, 6.07) is 16.1. The highest BCUT2D eigenvalue weighted by molar-refractivity contribution is 5.52. The molecule has 0 bridgehead atoms. The summed E-state index contributed by atoms with van der Waals surface area (Å²) < 4.78 is 7.06. The molecule has 9 nitrogen and oxygen atoms in total. The average molecular weight is 416 g/mol. The SMILES string of the molecule is COc1ccc2nc(C3(c4ccccc4)CCN(c4cc(N)nc(N)n4)CC3)cn2n1. The number of benzene rings is 1. The molecule has 0 saturated carbocycles. The van der Waals surface area contributed by atoms with Gasteiger partial charge in [-0.05, 0) is 24.5 Å². The van der Waals surface area contributed by atoms with E-state index >= 15 is 0 Å². The van der Waals surface area contributed by atoms with Crippen LogP contribution < -0.4 is 21.1 Å². The Bertz CT molecular complexity index is 1190. The third-order valence-electron chi connectivity index (χ3n) is 6.01. The standard InChI is InChI=1S/C22H24N8O/c1-31-20-8-7-18-25-16(14-30(18)28-20)22(15-5-3-2-4-6-15)9-11-29(12-10-22)19-13-17(23)26-21(24)27-19/h2-8,13-14H,9-12H2,1H3,(H4,23,24,26,27). The Morgan fingerprint density at radius 3 is 2.45 bits per heavy atom. The number of piperidine rings is 1. The Morgan fingerprint density at radius 2 is 1.74 bits per heavy atom. The first-order valence-corrected chi connectivity index (χ1v) is 10.2. The molecule has 1 aliphatic heterocycles. The lowest BCUT2D eigenvalue weighted by atomic mass is 9.70. The predicted molar refractivity (Wildman–Crippen MR) is 119 cm³/mol. The Labute approximate surface area is 179 Å². The minimum absolute atomic E-state index is 0.190. The zero-order valence-corrected chi connectivity index (χ0v) is 17.3. The second-order valence-corrected chi connectivity index (χ2v) is 7.75. The Morgan fingerprint density at radius 1 is 0.968 bits per heavy atom. The van der Waals surface area contributed by atoms with Crippen LogP contribution in [0.15, 0.2) is 54.7 Å². The van der Waals surface area contributed by atoms with Crippen LogP contribution in [0.2, 0.25) is 0 Å². The summed E-state index contributed by atoms with van der Waals surface area (Å²) >= 11 is 0. The number of nitrogen functional groups attached to an aromatic ring is 2. The quantitative estimate of drug-likeness (QED) is 0.520. The van der Waals surface area contributed by atoms with E-state index in [9.17, 15) is 0 Å². The molecule has 4 aromatic rings. The van der Waals surface area contributed by atoms with Gasteiger partial charge in [-0.2, -0.15) is 9.97 Å². The van der Waals surface area contributed by atoms with Crippen molar-refractivity contribution in [3.8, 4) is 5.88 Å². The van der Waals surface area contributed by atoms with E-state index < -0.39 is 0 Å². The largest absolute Gasteiger partial charge is 0.480 e. The van der Waals surface area contributed by atoms with Crippen LogP contribution in [0.3, 0.4) is 0 Å². The average Bonchev–Trinajstić information content (AvgIpc) is 3.23. The minimum Gasteiger partial charge on any atom is -0.480 e. The van der Waals surface area contributed by atoms with Crippen molar-refractivity contribution in [1.29, 1.82) is 0 Å². The Kier molecular flexibility index (Phi) is 4.58. The number of aromatic nitrogens is 5. The lowest BCUT2D eigenvalue weighted by molar-refractivity contribution is 0.382. The third kappa shape index (κ3) is 3.37. The molecule has 3 aromatic heterocycles. The summed E-state index contributed by atoms with van der Waals surface area (Å²) in [6.45, 7) is 1.57. The lowest BCUT2D eigenvalue weighted by Crippen LogP contribution is -2.44. The third-order valence-corrected chi connectivity index (χ3v) is 6.01. The zero-order chi connectivity index (χ0) is 21.4. The van der Waals surface area contributed by atoms with Crippen LogP contribution in [0, 0.1) is 0 Å². The smallest absolute Gasteiger partial charge is 0.231 e. The molecule has 0 aliphatic carbocycles. The molecule has 1 fully saturated rings. The van der Waals surface area contributed by atoms with Gasteiger partial charge in [0.15, 0.2) is 5.65 Å². The van der Waals surface area contributed by atoms with Gasteiger partial charge in [-0.3, -0.25) is 0 Å². The van der Waals surface area contributed by atoms with Crippen molar-refractivity contribution in [1.82, 2.24) is 24.6 Å². The summed E-state index contributed by atoms with van der Waals surface area (Å²) in [4.78, 5) is 15.5. The van der Waals surface area contributed by atoms with E-state index in [4.69, 9.17) is 21.2 Å². The number of rotatable bonds is 4. The van der Waals surface area contributed by atoms with Gasteiger partial charge in [-0.15, -0.1) is 5.10 Å². The van der Waals surface area contributed by atoms with Crippen LogP contribution in [0.4, 0.5) is 17.6 Å². The maximum Gasteiger partial charge on any atom is 0.231 e. The normalized spacial score (nSPS) is 15.8. The summed E-state index contributed by atoms with van der Waals surface area (Å²) in [5, 5.41) is 4.49. The van der Waals surface area contributed by atoms with Crippen LogP contribution in [0.25, 0.3) is 5.65 Å². The van der Waals surface area contributed by atoms with E-state index in [1.807, 2.05) is 24.4 Å². The Hall–Kier alpha value is -3.88. The molecule has 0 unspecified atom stereocenters. The molecule has 1 saturated heterocycles. The number of imidazole rings is 1. The van der Waals surface area contributed by atoms with E-state index in [1.54, 1.807) is 17.7 Å². The fourth-order valence-electron chi connectivity index (χ4n) is 4.40. The molecular weight excluding hydrogens is 392 g/mol. The molecular formula is C22H24N8O. The summed E-state index contributed by atoms with van der Waals surface area (Å²) in [5.74, 6) is 1.88. The summed E-state index contributed by atoms with van der Waals surface area (Å²) in [5.41, 5.74) is 14.5. The zero-order valence-electron chi connectivity index (χ0n) is 17.3. The number of hydrogen-bond acceptors (Lipinski definition) is 8. The van der Waals surface area contributed by atoms with Gasteiger partial charge in [0, 0.05) is 30.6 Å². The van der Waals surface area contributed by atoms with E-state index in [-0.39, 0.29) is 11.4 Å². The molecule has 1 aromatic carbocycles. The monoisotopic (exact) mass is 416 g/mol. The fraction of sp³-hybridized carbons (Fsp3) is 0.273. The molecule has 0 atom stereocenters. The van der Waals surface area contributed by atoms with Crippen molar-refractivity contribution in [2.45, 2.75) is 18.3 Å². The highest BCUT2D eigenvalue weighted by atomic mass is 16.5. The van der Waals surface area contributed by atoms with Crippen molar-refractivity contribution >= 4 is 23.2 Å². The highest BCUT2D eigenvalue weighted by Gasteiger charge is 2.40. The van der Waals surface area contributed by atoms with Crippen molar-refractivity contribution in [3.63, 3.8) is 0 Å². The second kappa shape index (κ2) is 7.42. The van der Waals surface area contributed by atoms with Gasteiger partial charge < -0.3 is 21.1 Å². The molecule has 4 N–H and O–H groups in total. The number of nitrogens with zero attached hydrogens (tertiary/aromatic N) is 6. The lowest BCUT2D eigenvalue weighted by Gasteiger charge is -2.41. The topological polar surface area (TPSA) is 120 Å². The van der Waals surface area contributed by atoms with Gasteiger partial charge in [-0.1, -0.05) is 30.3 Å². The second-order valence-electron chi connectivity index (χ2n) is 7.75. The minimum atomic E-state index is -0.233. The number of hydrogen-bond donors (Lipinski definition) is 2. The maximum absolute atomic E-state index is 5.88. The van der Waals surface area contributed by atoms with Gasteiger partial charge in [-0.25, -0.2) is 9.50 Å². The molecule has 0 radical (unpaired) electrons. The number of nitrogens with two attached hydrogens (primary N) is 2. The molecule has 1 aliphatic rings. The van der Waals surface area contributed by atoms with Crippen LogP contribution >= 0.6 is 0 Å². The molecule has 158 valence electrons. The maximum atomic E-state index is 5.88. The van der Waals surface area contributed by atoms with Crippen molar-refractivity contribution < 1.29 is 4.74 Å². The molecule has 0 amide bonds. The van der Waals surface area contributed by atoms with Crippen molar-refractivity contribution in [2.75, 3.05) is 36.6 Å². The van der Waals surface area contributed by atoms with E-state index in [1.165, 1.54) is 5.56 Å². The number of methoxy groups -OCH3 is 1. The van der Waals surface area contributed by atoms with Crippen molar-refractivity contribution in [2.24, 2.45) is 0 Å². The van der Waals surface area contributed by atoms with Crippen LogP contribution in [0.1, 0.15) is 24.1 Å². The predicted octanol–water partition coefficient (Wildman–Crippen LogP) is 2.28. The molecule has 4 heterocycles. The number of ether oxygens (including phenoxy) is 1. The first-order valence-electron chi connectivity index (χ1n) is 10.2. The number of fused-ring (bicyclic) bond motifs is 1. The van der Waals surface area contributed by atoms with Gasteiger partial charge in [0.1, 0.15) is 11.6 Å². The van der Waals surface area contributed by atoms with Crippen molar-refractivity contribution in [3.05, 3.63) is 66.0 Å². The molecule has 5 rings (SSSR count). The van der Waals surface area contributed by atoms with Crippen LogP contribution in [-0.2, 0) is 5.41 Å². The fourth-order valence-corrected chi connectivity index (χ4v) is 4.40. The highest BCUT2D eigenvalue weighted by Crippen LogP contribution is 2.42. The van der Waals surface area contributed by atoms with E-state index in [0.29, 0.717) is 11.7 Å². The summed E-state index contributed by atoms with van der Waals surface area (Å²) in [7, 11) is 1.61. The first-order chi connectivity index (χ1) is 15.1. The summed E-state index contributed by atoms with van der Waals surface area (Å²) in [6.07, 6.45) is 3.74. The Balaban J connectivity index is 1.53. The van der Waals surface area contributed by atoms with Crippen LogP contribution in [0.5, 0.6) is 5.88 Å². The van der Waals surface area contributed by atoms with Gasteiger partial charge >= 0.3 is 0 Å². The molecule has 31 heavy (non-hydrogen) atoms. The van der Waals surface area contributed by atoms with Gasteiger partial charge in [0.25, 0.3) is 0 Å². The van der Waals surface area contributed by atoms with Crippen LogP contribution in [-0.4, -0.2) is 44.8 Å². The number of anilines is 3. The van der Waals surface area contributed by atoms with E-state index in [2.05, 4.69) is 44.2 Å². The van der Waals surface area contributed by atoms with Gasteiger partial charge in [0.2, 0.25) is 11.8 Å². The first kappa shape index (κ1) is 19.1. The van der Waals surface area contributed by atoms with E-state index in [0.717, 1.165) is 43.1 Å². The molecule has 9 heteroatoms. The van der Waals surface area contributed by atoms with Gasteiger partial charge in [0.05, 0.1) is 19.0 Å².